The van der Waals surface area contributed by atoms with Gasteiger partial charge in [0.1, 0.15) is 0 Å². The first kappa shape index (κ1) is 22.4. The SMILES string of the molecule is O=P(O)(O)O.[H-].[H-].[H-].[H-].[Mg+2].[SiH4].[Sr+2]. The average Bonchev–Trinajstić information content (AvgIpc) is 0.722. The fourth-order valence-electron chi connectivity index (χ4n) is 0. The monoisotopic (exact) mass is 246 g/mol. The molecule has 0 saturated heterocycles. The normalized spacial score (nSPS) is 7.38. The second kappa shape index (κ2) is 9.57. The molecule has 0 heterocycles. The van der Waals surface area contributed by atoms with Crippen molar-refractivity contribution in [3.05, 3.63) is 0 Å². The molecule has 8 heavy (non-hydrogen) atoms. The molecule has 48 valence electrons. The summed E-state index contributed by atoms with van der Waals surface area (Å²) in [5, 5.41) is 0. The number of rotatable bonds is 0. The van der Waals surface area contributed by atoms with Gasteiger partial charge in [-0.25, -0.2) is 4.57 Å². The van der Waals surface area contributed by atoms with Crippen LogP contribution in [-0.2, 0) is 4.57 Å². The minimum Gasteiger partial charge on any atom is -1.00 e. The van der Waals surface area contributed by atoms with Crippen molar-refractivity contribution in [3.63, 3.8) is 0 Å². The van der Waals surface area contributed by atoms with E-state index in [4.69, 9.17) is 19.2 Å². The first-order valence-electron chi connectivity index (χ1n) is 0.783. The maximum Gasteiger partial charge on any atom is 2.00 e. The molecular weight excluding hydrogens is 235 g/mol. The predicted octanol–water partition coefficient (Wildman–Crippen LogP) is -2.69. The summed E-state index contributed by atoms with van der Waals surface area (Å²) in [6, 6.07) is 0. The maximum absolute atomic E-state index is 8.88. The molecule has 0 fully saturated rings. The molecule has 0 aromatic heterocycles. The van der Waals surface area contributed by atoms with E-state index in [0.29, 0.717) is 0 Å². The first-order chi connectivity index (χ1) is 2.00. The summed E-state index contributed by atoms with van der Waals surface area (Å²) in [4.78, 5) is 21.6. The summed E-state index contributed by atoms with van der Waals surface area (Å²) in [5.74, 6) is 0. The van der Waals surface area contributed by atoms with Gasteiger partial charge in [-0.1, -0.05) is 0 Å². The van der Waals surface area contributed by atoms with Crippen LogP contribution >= 0.6 is 7.82 Å². The Morgan fingerprint density at radius 3 is 1.25 bits per heavy atom. The van der Waals surface area contributed by atoms with Gasteiger partial charge in [0.05, 0.1) is 0 Å². The molecule has 0 rings (SSSR count). The third-order valence-corrected chi connectivity index (χ3v) is 0. The molecule has 4 nitrogen and oxygen atoms in total. The molecule has 3 N–H and O–H groups in total. The van der Waals surface area contributed by atoms with Crippen LogP contribution in [0.25, 0.3) is 0 Å². The van der Waals surface area contributed by atoms with Crippen molar-refractivity contribution in [2.45, 2.75) is 0 Å². The Labute approximate surface area is 111 Å². The van der Waals surface area contributed by atoms with Gasteiger partial charge < -0.3 is 20.4 Å². The van der Waals surface area contributed by atoms with E-state index < -0.39 is 7.82 Å². The Morgan fingerprint density at radius 1 is 1.25 bits per heavy atom. The van der Waals surface area contributed by atoms with Crippen LogP contribution in [0, 0.1) is 0 Å². The van der Waals surface area contributed by atoms with Gasteiger partial charge in [-0.15, -0.1) is 0 Å². The van der Waals surface area contributed by atoms with Crippen LogP contribution in [0.3, 0.4) is 0 Å². The van der Waals surface area contributed by atoms with Crippen LogP contribution in [0.5, 0.6) is 0 Å². The van der Waals surface area contributed by atoms with Gasteiger partial charge in [0.25, 0.3) is 0 Å². The largest absolute Gasteiger partial charge is 2.00 e. The van der Waals surface area contributed by atoms with E-state index in [1.807, 2.05) is 0 Å². The van der Waals surface area contributed by atoms with Crippen LogP contribution in [0.15, 0.2) is 0 Å². The van der Waals surface area contributed by atoms with Crippen LogP contribution in [0.4, 0.5) is 0 Å². The van der Waals surface area contributed by atoms with Crippen LogP contribution in [0.1, 0.15) is 5.71 Å². The minimum absolute atomic E-state index is 0. The molecule has 0 bridgehead atoms. The Hall–Kier alpha value is 2.57. The van der Waals surface area contributed by atoms with Gasteiger partial charge in [0, 0.05) is 0 Å². The molecule has 0 spiro atoms. The van der Waals surface area contributed by atoms with Crippen LogP contribution in [0.2, 0.25) is 0 Å². The Balaban J connectivity index is -0.00000000381. The first-order valence-corrected chi connectivity index (χ1v) is 2.35. The zero-order valence-corrected chi connectivity index (χ0v) is 9.40. The Kier molecular flexibility index (Phi) is 26.8. The summed E-state index contributed by atoms with van der Waals surface area (Å²) in [6.45, 7) is 0. The molecule has 0 aliphatic heterocycles. The molecule has 0 aromatic rings. The molecule has 0 amide bonds. The van der Waals surface area contributed by atoms with Gasteiger partial charge in [-0.05, 0) is 11.0 Å². The topological polar surface area (TPSA) is 77.8 Å². The summed E-state index contributed by atoms with van der Waals surface area (Å²) in [6.07, 6.45) is 0. The number of phosphoric acid groups is 1. The fourth-order valence-corrected chi connectivity index (χ4v) is 0. The van der Waals surface area contributed by atoms with Gasteiger partial charge in [0.15, 0.2) is 0 Å². The van der Waals surface area contributed by atoms with E-state index in [2.05, 4.69) is 0 Å². The molecule has 0 aliphatic carbocycles. The van der Waals surface area contributed by atoms with E-state index in [-0.39, 0.29) is 85.2 Å². The quantitative estimate of drug-likeness (QED) is 0.321. The van der Waals surface area contributed by atoms with Gasteiger partial charge >= 0.3 is 76.4 Å². The predicted molar refractivity (Wildman–Crippen MR) is 41.6 cm³/mol. The molecule has 8 heteroatoms. The Bertz CT molecular complexity index is 73.2. The van der Waals surface area contributed by atoms with Crippen molar-refractivity contribution in [2.24, 2.45) is 0 Å². The summed E-state index contributed by atoms with van der Waals surface area (Å²) in [7, 11) is -4.64. The Morgan fingerprint density at radius 2 is 1.25 bits per heavy atom. The second-order valence-electron chi connectivity index (χ2n) is 0.513. The summed E-state index contributed by atoms with van der Waals surface area (Å²) >= 11 is 0. The zero-order valence-electron chi connectivity index (χ0n) is 7.61. The van der Waals surface area contributed by atoms with Crippen molar-refractivity contribution >= 4 is 87.3 Å². The molecule has 0 atom stereocenters. The average molecular weight is 246 g/mol. The molecular formula is H11MgO4PSiSr. The van der Waals surface area contributed by atoms with E-state index in [1.54, 1.807) is 0 Å². The molecule has 0 saturated carbocycles. The fraction of sp³-hybridized carbons (Fsp3) is 0. The standard InChI is InChI=1S/Mg.H3O4P.H4Si.Sr.4H/c;1-5(2,3)4;;;;;;/h;(H3,1,2,3,4);1H4;;;;;/q+2;;;+2;4*-1. The number of hydrogen-bond acceptors (Lipinski definition) is 1. The third-order valence-electron chi connectivity index (χ3n) is 0. The zero-order chi connectivity index (χ0) is 4.50. The van der Waals surface area contributed by atoms with Crippen molar-refractivity contribution < 1.29 is 25.0 Å². The molecule has 0 radical (unpaired) electrons. The van der Waals surface area contributed by atoms with Crippen molar-refractivity contribution in [2.75, 3.05) is 0 Å². The van der Waals surface area contributed by atoms with Gasteiger partial charge in [0.2, 0.25) is 0 Å². The maximum atomic E-state index is 8.88. The van der Waals surface area contributed by atoms with Gasteiger partial charge in [-0.2, -0.15) is 0 Å². The molecule has 0 aromatic carbocycles. The van der Waals surface area contributed by atoms with Crippen molar-refractivity contribution in [1.29, 1.82) is 0 Å². The second-order valence-corrected chi connectivity index (χ2v) is 1.54. The minimum atomic E-state index is -4.64. The number of hydrogen-bond donors (Lipinski definition) is 3. The van der Waals surface area contributed by atoms with E-state index in [9.17, 15) is 0 Å². The van der Waals surface area contributed by atoms with Crippen molar-refractivity contribution in [3.8, 4) is 0 Å². The van der Waals surface area contributed by atoms with E-state index >= 15 is 0 Å². The van der Waals surface area contributed by atoms with E-state index in [1.165, 1.54) is 0 Å². The smallest absolute Gasteiger partial charge is 1.00 e. The summed E-state index contributed by atoms with van der Waals surface area (Å²) < 4.78 is 8.88. The van der Waals surface area contributed by atoms with Crippen LogP contribution in [-0.4, -0.2) is 94.2 Å². The molecule has 0 unspecified atom stereocenters. The van der Waals surface area contributed by atoms with Gasteiger partial charge in [-0.3, -0.25) is 0 Å². The van der Waals surface area contributed by atoms with Crippen molar-refractivity contribution in [1.82, 2.24) is 0 Å². The summed E-state index contributed by atoms with van der Waals surface area (Å²) in [5.41, 5.74) is 0. The molecule has 0 aliphatic rings. The van der Waals surface area contributed by atoms with E-state index in [0.717, 1.165) is 0 Å². The third kappa shape index (κ3) is 74.2. The van der Waals surface area contributed by atoms with Crippen LogP contribution < -0.4 is 0 Å².